The second-order valence-corrected chi connectivity index (χ2v) is 7.48. The van der Waals surface area contributed by atoms with Gasteiger partial charge in [-0.2, -0.15) is 5.10 Å². The summed E-state index contributed by atoms with van der Waals surface area (Å²) in [5.74, 6) is -1.14. The van der Waals surface area contributed by atoms with E-state index in [1.807, 2.05) is 0 Å². The summed E-state index contributed by atoms with van der Waals surface area (Å²) in [5, 5.41) is 17.5. The summed E-state index contributed by atoms with van der Waals surface area (Å²) in [4.78, 5) is 36.1. The molecule has 0 aliphatic rings. The average molecular weight is 481 g/mol. The van der Waals surface area contributed by atoms with E-state index in [4.69, 9.17) is 20.8 Å². The van der Waals surface area contributed by atoms with E-state index in [1.165, 1.54) is 18.2 Å². The molecular formula is C23H17ClN4O6. The van der Waals surface area contributed by atoms with E-state index >= 15 is 0 Å². The molecule has 0 radical (unpaired) electrons. The van der Waals surface area contributed by atoms with Gasteiger partial charge >= 0.3 is 5.97 Å². The SMILES string of the molecule is O=C(OC(C(=O)Nc1ccc([N+](=O)[O-])cc1Cl)c1ccccc1)c1ccc(Cn2cccn2)o1. The Bertz CT molecular complexity index is 1320. The molecule has 0 spiro atoms. The number of nitrogens with one attached hydrogen (secondary N) is 1. The van der Waals surface area contributed by atoms with Crippen molar-refractivity contribution in [2.75, 3.05) is 5.32 Å². The van der Waals surface area contributed by atoms with Crippen LogP contribution in [0.4, 0.5) is 11.4 Å². The van der Waals surface area contributed by atoms with Gasteiger partial charge in [-0.15, -0.1) is 0 Å². The van der Waals surface area contributed by atoms with Crippen molar-refractivity contribution in [2.45, 2.75) is 12.6 Å². The number of nitro benzene ring substituents is 1. The van der Waals surface area contributed by atoms with Gasteiger partial charge in [-0.1, -0.05) is 41.9 Å². The van der Waals surface area contributed by atoms with Crippen LogP contribution in [0.3, 0.4) is 0 Å². The summed E-state index contributed by atoms with van der Waals surface area (Å²) in [5.41, 5.74) is 0.321. The molecule has 0 aliphatic heterocycles. The third-order valence-electron chi connectivity index (χ3n) is 4.73. The van der Waals surface area contributed by atoms with Crippen molar-refractivity contribution in [3.63, 3.8) is 0 Å². The number of carbonyl (C=O) groups is 2. The topological polar surface area (TPSA) is 130 Å². The third kappa shape index (κ3) is 5.30. The van der Waals surface area contributed by atoms with Gasteiger partial charge in [0.25, 0.3) is 11.6 Å². The second kappa shape index (κ2) is 10.0. The van der Waals surface area contributed by atoms with Crippen molar-refractivity contribution >= 4 is 34.9 Å². The first-order chi connectivity index (χ1) is 16.4. The highest BCUT2D eigenvalue weighted by atomic mass is 35.5. The van der Waals surface area contributed by atoms with Crippen LogP contribution in [0, 0.1) is 10.1 Å². The van der Waals surface area contributed by atoms with Gasteiger partial charge in [0.15, 0.2) is 0 Å². The van der Waals surface area contributed by atoms with Crippen LogP contribution < -0.4 is 5.32 Å². The third-order valence-corrected chi connectivity index (χ3v) is 5.04. The molecule has 1 N–H and O–H groups in total. The van der Waals surface area contributed by atoms with E-state index < -0.39 is 22.9 Å². The Hall–Kier alpha value is -4.44. The number of furan rings is 1. The van der Waals surface area contributed by atoms with Gasteiger partial charge in [-0.3, -0.25) is 19.6 Å². The van der Waals surface area contributed by atoms with Crippen LogP contribution in [0.2, 0.25) is 5.02 Å². The number of benzene rings is 2. The highest BCUT2D eigenvalue weighted by molar-refractivity contribution is 6.34. The highest BCUT2D eigenvalue weighted by Crippen LogP contribution is 2.29. The minimum absolute atomic E-state index is 0.0324. The number of aromatic nitrogens is 2. The van der Waals surface area contributed by atoms with Crippen molar-refractivity contribution in [3.05, 3.63) is 111 Å². The van der Waals surface area contributed by atoms with Gasteiger partial charge in [0.1, 0.15) is 5.76 Å². The lowest BCUT2D eigenvalue weighted by atomic mass is 10.1. The molecule has 2 heterocycles. The molecule has 1 atom stereocenters. The number of anilines is 1. The maximum absolute atomic E-state index is 13.0. The Morgan fingerprint density at radius 1 is 1.15 bits per heavy atom. The molecule has 10 nitrogen and oxygen atoms in total. The second-order valence-electron chi connectivity index (χ2n) is 7.08. The van der Waals surface area contributed by atoms with Crippen LogP contribution >= 0.6 is 11.6 Å². The number of rotatable bonds is 8. The molecule has 2 aromatic heterocycles. The van der Waals surface area contributed by atoms with Crippen molar-refractivity contribution in [2.24, 2.45) is 0 Å². The lowest BCUT2D eigenvalue weighted by molar-refractivity contribution is -0.384. The van der Waals surface area contributed by atoms with E-state index in [0.717, 1.165) is 6.07 Å². The van der Waals surface area contributed by atoms with Gasteiger partial charge in [-0.05, 0) is 24.3 Å². The van der Waals surface area contributed by atoms with Crippen LogP contribution in [-0.4, -0.2) is 26.6 Å². The molecule has 1 amide bonds. The molecule has 1 unspecified atom stereocenters. The Kier molecular flexibility index (Phi) is 6.69. The van der Waals surface area contributed by atoms with Gasteiger partial charge in [-0.25, -0.2) is 4.79 Å². The molecule has 0 aliphatic carbocycles. The number of non-ortho nitro benzene ring substituents is 1. The molecule has 4 rings (SSSR count). The Balaban J connectivity index is 1.52. The maximum atomic E-state index is 13.0. The first-order valence-corrected chi connectivity index (χ1v) is 10.4. The van der Waals surface area contributed by atoms with E-state index in [0.29, 0.717) is 17.9 Å². The smallest absolute Gasteiger partial charge is 0.375 e. The number of hydrogen-bond acceptors (Lipinski definition) is 7. The molecule has 2 aromatic carbocycles. The molecule has 0 fully saturated rings. The molecule has 4 aromatic rings. The first-order valence-electron chi connectivity index (χ1n) is 9.97. The number of hydrogen-bond donors (Lipinski definition) is 1. The Morgan fingerprint density at radius 3 is 2.62 bits per heavy atom. The molecule has 11 heteroatoms. The highest BCUT2D eigenvalue weighted by Gasteiger charge is 2.28. The molecular weight excluding hydrogens is 464 g/mol. The van der Waals surface area contributed by atoms with Gasteiger partial charge in [0.05, 0.1) is 22.2 Å². The number of ether oxygens (including phenoxy) is 1. The number of halogens is 1. The Morgan fingerprint density at radius 2 is 1.94 bits per heavy atom. The van der Waals surface area contributed by atoms with Crippen molar-refractivity contribution in [1.29, 1.82) is 0 Å². The molecule has 172 valence electrons. The van der Waals surface area contributed by atoms with Gasteiger partial charge in [0, 0.05) is 30.1 Å². The zero-order chi connectivity index (χ0) is 24.1. The number of nitrogens with zero attached hydrogens (tertiary/aromatic N) is 3. The maximum Gasteiger partial charge on any atom is 0.375 e. The molecule has 0 bridgehead atoms. The van der Waals surface area contributed by atoms with E-state index in [-0.39, 0.29) is 22.2 Å². The predicted octanol–water partition coefficient (Wildman–Crippen LogP) is 4.62. The van der Waals surface area contributed by atoms with Crippen LogP contribution in [0.5, 0.6) is 0 Å². The van der Waals surface area contributed by atoms with Crippen LogP contribution in [0.1, 0.15) is 28.0 Å². The molecule has 0 saturated heterocycles. The van der Waals surface area contributed by atoms with Crippen LogP contribution in [-0.2, 0) is 16.1 Å². The normalized spacial score (nSPS) is 11.6. The number of nitro groups is 1. The fourth-order valence-electron chi connectivity index (χ4n) is 3.11. The van der Waals surface area contributed by atoms with E-state index in [9.17, 15) is 19.7 Å². The van der Waals surface area contributed by atoms with E-state index in [2.05, 4.69) is 10.4 Å². The first kappa shape index (κ1) is 22.7. The van der Waals surface area contributed by atoms with Crippen molar-refractivity contribution in [3.8, 4) is 0 Å². The Labute approximate surface area is 197 Å². The fourth-order valence-corrected chi connectivity index (χ4v) is 3.33. The summed E-state index contributed by atoms with van der Waals surface area (Å²) in [6, 6.07) is 16.8. The van der Waals surface area contributed by atoms with Crippen molar-refractivity contribution in [1.82, 2.24) is 9.78 Å². The largest absolute Gasteiger partial charge is 0.452 e. The molecule has 0 saturated carbocycles. The predicted molar refractivity (Wildman–Crippen MR) is 121 cm³/mol. The zero-order valence-corrected chi connectivity index (χ0v) is 18.2. The number of esters is 1. The lowest BCUT2D eigenvalue weighted by Crippen LogP contribution is -2.26. The number of amides is 1. The lowest BCUT2D eigenvalue weighted by Gasteiger charge is -2.18. The minimum atomic E-state index is -1.33. The minimum Gasteiger partial charge on any atom is -0.452 e. The fraction of sp³-hybridized carbons (Fsp3) is 0.0870. The number of carbonyl (C=O) groups excluding carboxylic acids is 2. The average Bonchev–Trinajstić information content (AvgIpc) is 3.52. The molecule has 34 heavy (non-hydrogen) atoms. The summed E-state index contributed by atoms with van der Waals surface area (Å²) >= 11 is 6.08. The van der Waals surface area contributed by atoms with E-state index in [1.54, 1.807) is 59.5 Å². The summed E-state index contributed by atoms with van der Waals surface area (Å²) in [6.45, 7) is 0.321. The van der Waals surface area contributed by atoms with Crippen LogP contribution in [0.15, 0.2) is 83.5 Å². The van der Waals surface area contributed by atoms with Crippen LogP contribution in [0.25, 0.3) is 0 Å². The summed E-state index contributed by atoms with van der Waals surface area (Å²) < 4.78 is 12.7. The summed E-state index contributed by atoms with van der Waals surface area (Å²) in [7, 11) is 0. The standard InChI is InChI=1S/C23H17ClN4O6/c24-18-13-16(28(31)32)7-9-19(18)26-22(29)21(15-5-2-1-3-6-15)34-23(30)20-10-8-17(33-20)14-27-12-4-11-25-27/h1-13,21H,14H2,(H,26,29). The summed E-state index contributed by atoms with van der Waals surface area (Å²) in [6.07, 6.45) is 2.04. The van der Waals surface area contributed by atoms with Gasteiger partial charge < -0.3 is 14.5 Å². The zero-order valence-electron chi connectivity index (χ0n) is 17.5. The quantitative estimate of drug-likeness (QED) is 0.221. The monoisotopic (exact) mass is 480 g/mol. The van der Waals surface area contributed by atoms with Crippen molar-refractivity contribution < 1.29 is 23.7 Å². The van der Waals surface area contributed by atoms with Gasteiger partial charge in [0.2, 0.25) is 11.9 Å².